The van der Waals surface area contributed by atoms with Crippen LogP contribution in [0.4, 0.5) is 0 Å². The van der Waals surface area contributed by atoms with E-state index in [1.807, 2.05) is 0 Å². The topological polar surface area (TPSA) is 105 Å². The van der Waals surface area contributed by atoms with E-state index in [0.29, 0.717) is 0 Å². The molecule has 18 heavy (non-hydrogen) atoms. The number of ether oxygens (including phenoxy) is 1. The van der Waals surface area contributed by atoms with Gasteiger partial charge in [0.15, 0.2) is 6.10 Å². The van der Waals surface area contributed by atoms with Crippen LogP contribution in [0.25, 0.3) is 0 Å². The van der Waals surface area contributed by atoms with Gasteiger partial charge in [-0.3, -0.25) is 4.57 Å². The number of rotatable bonds is 6. The second kappa shape index (κ2) is 6.17. The first kappa shape index (κ1) is 15.7. The molecule has 7 nitrogen and oxygen atoms in total. The third-order valence-electron chi connectivity index (χ3n) is 2.20. The zero-order valence-corrected chi connectivity index (χ0v) is 11.0. The van der Waals surface area contributed by atoms with Crippen LogP contribution in [-0.4, -0.2) is 43.7 Å². The molecular weight excluding hydrogens is 262 g/mol. The minimum absolute atomic E-state index is 0.00762. The maximum Gasteiger partial charge on any atom is 0.335 e. The summed E-state index contributed by atoms with van der Waals surface area (Å²) in [5, 5.41) is 8.82. The predicted octanol–water partition coefficient (Wildman–Crippen LogP) is -0.119. The number of carboxylic acids is 1. The highest BCUT2D eigenvalue weighted by atomic mass is 31.2. The highest BCUT2D eigenvalue weighted by Crippen LogP contribution is 2.43. The molecule has 4 atom stereocenters. The molecule has 1 aliphatic heterocycles. The molecule has 0 aromatic heterocycles. The molecular formula is C9H15BO7P-. The summed E-state index contributed by atoms with van der Waals surface area (Å²) in [4.78, 5) is 22.3. The van der Waals surface area contributed by atoms with Crippen molar-refractivity contribution in [2.75, 3.05) is 6.61 Å². The van der Waals surface area contributed by atoms with Crippen LogP contribution < -0.4 is 4.89 Å². The molecule has 0 spiro atoms. The highest BCUT2D eigenvalue weighted by molar-refractivity contribution is 7.45. The molecule has 2 radical (unpaired) electrons. The lowest BCUT2D eigenvalue weighted by atomic mass is 9.96. The molecule has 102 valence electrons. The van der Waals surface area contributed by atoms with Crippen LogP contribution in [0.2, 0.25) is 0 Å². The quantitative estimate of drug-likeness (QED) is 0.533. The molecule has 0 saturated carbocycles. The molecule has 1 fully saturated rings. The number of carbonyl (C=O) groups is 1. The van der Waals surface area contributed by atoms with Gasteiger partial charge in [0.05, 0.1) is 6.61 Å². The van der Waals surface area contributed by atoms with E-state index in [2.05, 4.69) is 9.05 Å². The summed E-state index contributed by atoms with van der Waals surface area (Å²) in [5.41, 5.74) is 0. The molecule has 4 unspecified atom stereocenters. The third kappa shape index (κ3) is 4.70. The Labute approximate surface area is 106 Å². The molecule has 1 N–H and O–H groups in total. The van der Waals surface area contributed by atoms with Gasteiger partial charge in [-0.2, -0.15) is 0 Å². The van der Waals surface area contributed by atoms with Crippen molar-refractivity contribution < 1.29 is 33.1 Å². The Hall–Kier alpha value is -0.395. The third-order valence-corrected chi connectivity index (χ3v) is 3.19. The average Bonchev–Trinajstić information content (AvgIpc) is 2.56. The van der Waals surface area contributed by atoms with Gasteiger partial charge in [-0.1, -0.05) is 13.8 Å². The maximum atomic E-state index is 11.5. The molecule has 1 aliphatic rings. The monoisotopic (exact) mass is 277 g/mol. The summed E-state index contributed by atoms with van der Waals surface area (Å²) in [5.74, 6) is -1.31. The van der Waals surface area contributed by atoms with Crippen LogP contribution in [0, 0.1) is 5.92 Å². The van der Waals surface area contributed by atoms with Crippen molar-refractivity contribution in [2.24, 2.45) is 5.92 Å². The minimum atomic E-state index is -4.55. The second-order valence-corrected chi connectivity index (χ2v) is 5.81. The zero-order valence-electron chi connectivity index (χ0n) is 10.1. The minimum Gasteiger partial charge on any atom is -0.756 e. The first-order chi connectivity index (χ1) is 8.21. The van der Waals surface area contributed by atoms with E-state index in [1.54, 1.807) is 13.8 Å². The Morgan fingerprint density at radius 2 is 2.28 bits per heavy atom. The summed E-state index contributed by atoms with van der Waals surface area (Å²) < 4.78 is 25.6. The Bertz CT molecular complexity index is 348. The van der Waals surface area contributed by atoms with Crippen molar-refractivity contribution in [1.82, 2.24) is 0 Å². The van der Waals surface area contributed by atoms with Crippen LogP contribution in [0.1, 0.15) is 20.3 Å². The van der Waals surface area contributed by atoms with Crippen LogP contribution in [0.5, 0.6) is 0 Å². The molecule has 1 rings (SSSR count). The summed E-state index contributed by atoms with van der Waals surface area (Å²) in [6.45, 7) is 3.52. The largest absolute Gasteiger partial charge is 0.756 e. The van der Waals surface area contributed by atoms with E-state index in [4.69, 9.17) is 17.7 Å². The van der Waals surface area contributed by atoms with E-state index in [9.17, 15) is 14.3 Å². The van der Waals surface area contributed by atoms with Gasteiger partial charge in [-0.05, 0) is 12.3 Å². The molecule has 1 heterocycles. The Morgan fingerprint density at radius 3 is 2.78 bits per heavy atom. The van der Waals surface area contributed by atoms with Crippen LogP contribution in [0.3, 0.4) is 0 Å². The number of hydrogen-bond donors (Lipinski definition) is 1. The van der Waals surface area contributed by atoms with Gasteiger partial charge in [0, 0.05) is 6.00 Å². The fourth-order valence-electron chi connectivity index (χ4n) is 1.44. The summed E-state index contributed by atoms with van der Waals surface area (Å²) in [6, 6.07) is -0.860. The van der Waals surface area contributed by atoms with Crippen LogP contribution >= 0.6 is 7.82 Å². The van der Waals surface area contributed by atoms with Gasteiger partial charge >= 0.3 is 5.97 Å². The molecule has 0 aromatic rings. The molecule has 9 heteroatoms. The van der Waals surface area contributed by atoms with Gasteiger partial charge in [0.25, 0.3) is 7.82 Å². The van der Waals surface area contributed by atoms with E-state index in [0.717, 1.165) is 0 Å². The first-order valence-electron chi connectivity index (χ1n) is 5.49. The molecule has 0 amide bonds. The van der Waals surface area contributed by atoms with E-state index in [1.165, 1.54) is 0 Å². The van der Waals surface area contributed by atoms with Crippen molar-refractivity contribution in [3.63, 3.8) is 0 Å². The van der Waals surface area contributed by atoms with E-state index >= 15 is 0 Å². The average molecular weight is 277 g/mol. The fraction of sp³-hybridized carbons (Fsp3) is 0.889. The maximum absolute atomic E-state index is 11.5. The number of phosphoric ester groups is 1. The van der Waals surface area contributed by atoms with Gasteiger partial charge < -0.3 is 23.8 Å². The van der Waals surface area contributed by atoms with Crippen LogP contribution in [-0.2, 0) is 23.1 Å². The van der Waals surface area contributed by atoms with Crippen molar-refractivity contribution in [2.45, 2.75) is 38.5 Å². The summed E-state index contributed by atoms with van der Waals surface area (Å²) in [7, 11) is 0.848. The number of carboxylic acid groups (broad SMARTS) is 1. The van der Waals surface area contributed by atoms with Crippen molar-refractivity contribution in [1.29, 1.82) is 0 Å². The van der Waals surface area contributed by atoms with E-state index < -0.39 is 32.0 Å². The van der Waals surface area contributed by atoms with Crippen molar-refractivity contribution in [3.05, 3.63) is 0 Å². The van der Waals surface area contributed by atoms with Gasteiger partial charge in [0.2, 0.25) is 0 Å². The smallest absolute Gasteiger partial charge is 0.335 e. The van der Waals surface area contributed by atoms with Gasteiger partial charge in [0.1, 0.15) is 14.0 Å². The van der Waals surface area contributed by atoms with Crippen molar-refractivity contribution in [3.8, 4) is 0 Å². The normalized spacial score (nSPS) is 31.4. The van der Waals surface area contributed by atoms with Gasteiger partial charge in [-0.15, -0.1) is 0 Å². The first-order valence-corrected chi connectivity index (χ1v) is 6.95. The lowest BCUT2D eigenvalue weighted by Crippen LogP contribution is -2.33. The lowest BCUT2D eigenvalue weighted by Gasteiger charge is -2.27. The van der Waals surface area contributed by atoms with Crippen molar-refractivity contribution >= 4 is 21.6 Å². The fourth-order valence-corrected chi connectivity index (χ4v) is 2.51. The summed E-state index contributed by atoms with van der Waals surface area (Å²) in [6.07, 6.45) is -2.58. The molecule has 0 aromatic carbocycles. The SMILES string of the molecule is [B]C1CC(OP(=O)([O-])OCC(C)C)C(C(=O)O)O1. The standard InChI is InChI=1S/C9H16BO7P/c1-5(2)4-15-18(13,14)17-6-3-7(10)16-8(6)9(11)12/h5-8H,3-4H2,1-2H3,(H,11,12)(H,13,14)/p-1. The number of phosphoric acid groups is 1. The van der Waals surface area contributed by atoms with E-state index in [-0.39, 0.29) is 18.9 Å². The Kier molecular flexibility index (Phi) is 5.37. The summed E-state index contributed by atoms with van der Waals surface area (Å²) >= 11 is 0. The Morgan fingerprint density at radius 1 is 1.67 bits per heavy atom. The number of aliphatic carboxylic acids is 1. The highest BCUT2D eigenvalue weighted by Gasteiger charge is 2.40. The number of hydrogen-bond acceptors (Lipinski definition) is 6. The lowest BCUT2D eigenvalue weighted by molar-refractivity contribution is -0.231. The Balaban J connectivity index is 2.59. The predicted molar refractivity (Wildman–Crippen MR) is 59.9 cm³/mol. The zero-order chi connectivity index (χ0) is 13.9. The van der Waals surface area contributed by atoms with Crippen LogP contribution in [0.15, 0.2) is 0 Å². The molecule has 1 saturated heterocycles. The van der Waals surface area contributed by atoms with Gasteiger partial charge in [-0.25, -0.2) is 4.79 Å². The molecule has 0 aliphatic carbocycles. The molecule has 0 bridgehead atoms. The second-order valence-electron chi connectivity index (χ2n) is 4.45.